The first-order valence-electron chi connectivity index (χ1n) is 10.4. The van der Waals surface area contributed by atoms with E-state index in [-0.39, 0.29) is 23.0 Å². The number of nitrogens with one attached hydrogen (secondary N) is 1. The highest BCUT2D eigenvalue weighted by Crippen LogP contribution is 2.49. The van der Waals surface area contributed by atoms with Crippen molar-refractivity contribution in [3.8, 4) is 0 Å². The van der Waals surface area contributed by atoms with Crippen LogP contribution in [0, 0.1) is 17.8 Å². The van der Waals surface area contributed by atoms with Crippen LogP contribution in [-0.4, -0.2) is 21.9 Å². The van der Waals surface area contributed by atoms with Gasteiger partial charge in [0.25, 0.3) is 0 Å². The number of hydrogen-bond acceptors (Lipinski definition) is 2. The second-order valence-electron chi connectivity index (χ2n) is 8.42. The van der Waals surface area contributed by atoms with Crippen LogP contribution in [0.3, 0.4) is 0 Å². The fraction of sp³-hybridized carbons (Fsp3) is 0.458. The van der Waals surface area contributed by atoms with E-state index in [1.54, 1.807) is 0 Å². The number of hydrogen-bond donors (Lipinski definition) is 1. The molecule has 3 nitrogen and oxygen atoms in total. The molecule has 2 bridgehead atoms. The number of carbonyl (C=O) groups excluding carboxylic acids is 1. The number of fused-ring (bicyclic) bond motifs is 2. The summed E-state index contributed by atoms with van der Waals surface area (Å²) >= 11 is 0. The summed E-state index contributed by atoms with van der Waals surface area (Å²) in [6, 6.07) is 19.9. The fourth-order valence-electron chi connectivity index (χ4n) is 5.27. The van der Waals surface area contributed by atoms with Crippen molar-refractivity contribution in [3.63, 3.8) is 0 Å². The second-order valence-corrected chi connectivity index (χ2v) is 9.94. The van der Waals surface area contributed by atoms with Crippen LogP contribution < -0.4 is 5.32 Å². The molecule has 0 aliphatic heterocycles. The zero-order valence-corrected chi connectivity index (χ0v) is 17.2. The van der Waals surface area contributed by atoms with Gasteiger partial charge in [0.05, 0.1) is 5.25 Å². The summed E-state index contributed by atoms with van der Waals surface area (Å²) in [4.78, 5) is 12.7. The van der Waals surface area contributed by atoms with Crippen LogP contribution in [0.2, 0.25) is 0 Å². The Bertz CT molecular complexity index is 784. The monoisotopic (exact) mass is 395 g/mol. The average Bonchev–Trinajstić information content (AvgIpc) is 3.33. The third-order valence-corrected chi connectivity index (χ3v) is 8.18. The van der Waals surface area contributed by atoms with Gasteiger partial charge in [0.15, 0.2) is 0 Å². The first kappa shape index (κ1) is 19.4. The Labute approximate surface area is 170 Å². The van der Waals surface area contributed by atoms with E-state index >= 15 is 0 Å². The van der Waals surface area contributed by atoms with E-state index in [1.165, 1.54) is 25.7 Å². The minimum Gasteiger partial charge on any atom is -0.353 e. The van der Waals surface area contributed by atoms with Crippen molar-refractivity contribution >= 4 is 16.7 Å². The minimum absolute atomic E-state index is 0.0413. The van der Waals surface area contributed by atoms with E-state index in [1.807, 2.05) is 60.7 Å². The van der Waals surface area contributed by atoms with Gasteiger partial charge in [0.1, 0.15) is 5.75 Å². The van der Waals surface area contributed by atoms with Gasteiger partial charge in [-0.25, -0.2) is 0 Å². The SMILES string of the molecule is CC(NC(=O)CS(=O)C(c1ccccc1)c1ccccc1)C1CC2CCC1C2. The Balaban J connectivity index is 1.43. The van der Waals surface area contributed by atoms with Crippen LogP contribution in [-0.2, 0) is 15.6 Å². The van der Waals surface area contributed by atoms with E-state index in [2.05, 4.69) is 12.2 Å². The molecule has 5 atom stereocenters. The molecule has 0 heterocycles. The molecule has 2 aliphatic carbocycles. The summed E-state index contributed by atoms with van der Waals surface area (Å²) in [5.74, 6) is 2.18. The first-order chi connectivity index (χ1) is 13.6. The summed E-state index contributed by atoms with van der Waals surface area (Å²) in [7, 11) is -1.32. The predicted molar refractivity (Wildman–Crippen MR) is 114 cm³/mol. The maximum absolute atomic E-state index is 13.2. The van der Waals surface area contributed by atoms with Gasteiger partial charge in [-0.05, 0) is 55.1 Å². The van der Waals surface area contributed by atoms with Crippen molar-refractivity contribution in [1.29, 1.82) is 0 Å². The molecule has 2 fully saturated rings. The quantitative estimate of drug-likeness (QED) is 0.752. The van der Waals surface area contributed by atoms with Crippen molar-refractivity contribution in [2.24, 2.45) is 17.8 Å². The molecule has 0 spiro atoms. The molecule has 1 amide bonds. The number of amides is 1. The van der Waals surface area contributed by atoms with Crippen LogP contribution in [0.15, 0.2) is 60.7 Å². The molecule has 2 aromatic rings. The molecule has 4 heteroatoms. The summed E-state index contributed by atoms with van der Waals surface area (Å²) < 4.78 is 13.2. The van der Waals surface area contributed by atoms with E-state index in [4.69, 9.17) is 0 Å². The Morgan fingerprint density at radius 1 is 1.00 bits per heavy atom. The highest BCUT2D eigenvalue weighted by atomic mass is 32.2. The second kappa shape index (κ2) is 8.60. The van der Waals surface area contributed by atoms with Crippen molar-refractivity contribution < 1.29 is 9.00 Å². The maximum Gasteiger partial charge on any atom is 0.232 e. The summed E-state index contributed by atoms with van der Waals surface area (Å²) in [5.41, 5.74) is 1.97. The zero-order chi connectivity index (χ0) is 19.5. The van der Waals surface area contributed by atoms with Gasteiger partial charge in [0.2, 0.25) is 5.91 Å². The molecule has 2 saturated carbocycles. The lowest BCUT2D eigenvalue weighted by Gasteiger charge is -2.28. The van der Waals surface area contributed by atoms with E-state index < -0.39 is 10.8 Å². The van der Waals surface area contributed by atoms with Gasteiger partial charge < -0.3 is 5.32 Å². The Morgan fingerprint density at radius 3 is 2.11 bits per heavy atom. The molecule has 28 heavy (non-hydrogen) atoms. The minimum atomic E-state index is -1.32. The Hall–Kier alpha value is -1.94. The molecule has 148 valence electrons. The molecular weight excluding hydrogens is 366 g/mol. The molecule has 1 N–H and O–H groups in total. The summed E-state index contributed by atoms with van der Waals surface area (Å²) in [5, 5.41) is 2.88. The first-order valence-corrected chi connectivity index (χ1v) is 11.8. The fourth-order valence-corrected chi connectivity index (χ4v) is 6.70. The smallest absolute Gasteiger partial charge is 0.232 e. The third-order valence-electron chi connectivity index (χ3n) is 6.56. The molecule has 0 saturated heterocycles. The summed E-state index contributed by atoms with van der Waals surface area (Å²) in [6.07, 6.45) is 5.25. The van der Waals surface area contributed by atoms with Crippen molar-refractivity contribution in [3.05, 3.63) is 71.8 Å². The maximum atomic E-state index is 13.2. The van der Waals surface area contributed by atoms with Gasteiger partial charge in [-0.3, -0.25) is 9.00 Å². The lowest BCUT2D eigenvalue weighted by atomic mass is 9.84. The molecule has 5 unspecified atom stereocenters. The number of benzene rings is 2. The van der Waals surface area contributed by atoms with E-state index in [0.29, 0.717) is 5.92 Å². The van der Waals surface area contributed by atoms with E-state index in [0.717, 1.165) is 23.0 Å². The lowest BCUT2D eigenvalue weighted by molar-refractivity contribution is -0.119. The Morgan fingerprint density at radius 2 is 1.61 bits per heavy atom. The van der Waals surface area contributed by atoms with Crippen LogP contribution in [0.1, 0.15) is 49.0 Å². The standard InChI is InChI=1S/C24H29NO2S/c1-17(22-15-18-12-13-21(22)14-18)25-23(26)16-28(27)24(19-8-4-2-5-9-19)20-10-6-3-7-11-20/h2-11,17-18,21-22,24H,12-16H2,1H3,(H,25,26). The average molecular weight is 396 g/mol. The van der Waals surface area contributed by atoms with Gasteiger partial charge in [-0.1, -0.05) is 67.1 Å². The normalized spacial score (nSPS) is 25.6. The van der Waals surface area contributed by atoms with E-state index in [9.17, 15) is 9.00 Å². The molecule has 2 aromatic carbocycles. The largest absolute Gasteiger partial charge is 0.353 e. The molecule has 2 aliphatic rings. The molecule has 4 rings (SSSR count). The highest BCUT2D eigenvalue weighted by Gasteiger charge is 2.42. The van der Waals surface area contributed by atoms with Crippen molar-refractivity contribution in [1.82, 2.24) is 5.32 Å². The van der Waals surface area contributed by atoms with Crippen LogP contribution in [0.4, 0.5) is 0 Å². The highest BCUT2D eigenvalue weighted by molar-refractivity contribution is 7.86. The van der Waals surface area contributed by atoms with Gasteiger partial charge >= 0.3 is 0 Å². The van der Waals surface area contributed by atoms with Crippen LogP contribution >= 0.6 is 0 Å². The van der Waals surface area contributed by atoms with Gasteiger partial charge in [0, 0.05) is 16.8 Å². The van der Waals surface area contributed by atoms with Crippen LogP contribution in [0.25, 0.3) is 0 Å². The molecular formula is C24H29NO2S. The third kappa shape index (κ3) is 4.22. The van der Waals surface area contributed by atoms with Gasteiger partial charge in [-0.15, -0.1) is 0 Å². The Kier molecular flexibility index (Phi) is 5.96. The summed E-state index contributed by atoms with van der Waals surface area (Å²) in [6.45, 7) is 2.12. The van der Waals surface area contributed by atoms with Crippen molar-refractivity contribution in [2.45, 2.75) is 43.9 Å². The number of carbonyl (C=O) groups is 1. The lowest BCUT2D eigenvalue weighted by Crippen LogP contribution is -2.42. The topological polar surface area (TPSA) is 46.2 Å². The van der Waals surface area contributed by atoms with Crippen LogP contribution in [0.5, 0.6) is 0 Å². The predicted octanol–water partition coefficient (Wildman–Crippen LogP) is 4.47. The number of rotatable bonds is 7. The zero-order valence-electron chi connectivity index (χ0n) is 16.4. The molecule has 0 radical (unpaired) electrons. The molecule has 0 aromatic heterocycles. The van der Waals surface area contributed by atoms with Crippen molar-refractivity contribution in [2.75, 3.05) is 5.75 Å². The van der Waals surface area contributed by atoms with Gasteiger partial charge in [-0.2, -0.15) is 0 Å².